The fourth-order valence-corrected chi connectivity index (χ4v) is 3.11. The minimum absolute atomic E-state index is 0.0518. The van der Waals surface area contributed by atoms with E-state index in [2.05, 4.69) is 0 Å². The van der Waals surface area contributed by atoms with Crippen molar-refractivity contribution in [3.63, 3.8) is 0 Å². The van der Waals surface area contributed by atoms with Crippen molar-refractivity contribution in [2.24, 2.45) is 0 Å². The average Bonchev–Trinajstić information content (AvgIpc) is 2.91. The lowest BCUT2D eigenvalue weighted by atomic mass is 9.95. The fourth-order valence-electron chi connectivity index (χ4n) is 3.11. The number of Topliss-reactive ketones (excluding diaryl/α,β-unsaturated/α-hetero) is 1. The molecule has 1 unspecified atom stereocenters. The molecule has 134 valence electrons. The molecule has 0 bridgehead atoms. The molecule has 2 aromatic carbocycles. The minimum atomic E-state index is -0.714. The largest absolute Gasteiger partial charge is 0.507 e. The van der Waals surface area contributed by atoms with E-state index >= 15 is 0 Å². The van der Waals surface area contributed by atoms with Crippen molar-refractivity contribution in [2.75, 3.05) is 21.3 Å². The second-order valence-electron chi connectivity index (χ2n) is 5.89. The first-order valence-electron chi connectivity index (χ1n) is 8.01. The van der Waals surface area contributed by atoms with Crippen LogP contribution in [0.4, 0.5) is 0 Å². The molecule has 0 radical (unpaired) electrons. The van der Waals surface area contributed by atoms with Gasteiger partial charge in [-0.1, -0.05) is 30.3 Å². The van der Waals surface area contributed by atoms with Crippen LogP contribution in [0.25, 0.3) is 5.76 Å². The van der Waals surface area contributed by atoms with Gasteiger partial charge in [0.05, 0.1) is 25.8 Å². The topological polar surface area (TPSA) is 76.1 Å². The quantitative estimate of drug-likeness (QED) is 0.520. The van der Waals surface area contributed by atoms with E-state index in [9.17, 15) is 14.7 Å². The third-order valence-electron chi connectivity index (χ3n) is 4.45. The zero-order valence-electron chi connectivity index (χ0n) is 14.7. The summed E-state index contributed by atoms with van der Waals surface area (Å²) in [5, 5.41) is 10.8. The van der Waals surface area contributed by atoms with Gasteiger partial charge in [-0.25, -0.2) is 0 Å². The van der Waals surface area contributed by atoms with E-state index in [0.717, 1.165) is 5.56 Å². The molecule has 0 saturated carbocycles. The third-order valence-corrected chi connectivity index (χ3v) is 4.45. The zero-order chi connectivity index (χ0) is 18.8. The van der Waals surface area contributed by atoms with E-state index in [0.29, 0.717) is 17.1 Å². The SMILES string of the molecule is COc1ccc(/C(O)=C2/C(=O)C(=O)N(C)C2c2ccccc2)cc1OC. The molecule has 3 rings (SSSR count). The molecule has 1 aliphatic heterocycles. The molecule has 1 heterocycles. The van der Waals surface area contributed by atoms with Gasteiger partial charge < -0.3 is 19.5 Å². The molecule has 26 heavy (non-hydrogen) atoms. The summed E-state index contributed by atoms with van der Waals surface area (Å²) in [4.78, 5) is 26.1. The first kappa shape index (κ1) is 17.5. The molecular formula is C20H19NO5. The highest BCUT2D eigenvalue weighted by molar-refractivity contribution is 6.46. The Kier molecular flexibility index (Phi) is 4.67. The van der Waals surface area contributed by atoms with Crippen molar-refractivity contribution in [2.45, 2.75) is 6.04 Å². The molecule has 6 heteroatoms. The lowest BCUT2D eigenvalue weighted by Gasteiger charge is -2.21. The van der Waals surface area contributed by atoms with E-state index in [1.54, 1.807) is 25.2 Å². The number of likely N-dealkylation sites (tertiary alicyclic amines) is 1. The lowest BCUT2D eigenvalue weighted by molar-refractivity contribution is -0.139. The van der Waals surface area contributed by atoms with Crippen LogP contribution < -0.4 is 9.47 Å². The Balaban J connectivity index is 2.17. The molecule has 1 fully saturated rings. The zero-order valence-corrected chi connectivity index (χ0v) is 14.7. The van der Waals surface area contributed by atoms with Gasteiger partial charge in [-0.15, -0.1) is 0 Å². The molecule has 1 N–H and O–H groups in total. The molecule has 1 atom stereocenters. The third kappa shape index (κ3) is 2.79. The number of aliphatic hydroxyl groups excluding tert-OH is 1. The molecule has 6 nitrogen and oxygen atoms in total. The Hall–Kier alpha value is -3.28. The predicted molar refractivity (Wildman–Crippen MR) is 96.1 cm³/mol. The molecular weight excluding hydrogens is 334 g/mol. The van der Waals surface area contributed by atoms with Crippen LogP contribution in [0.2, 0.25) is 0 Å². The summed E-state index contributed by atoms with van der Waals surface area (Å²) >= 11 is 0. The maximum Gasteiger partial charge on any atom is 0.295 e. The highest BCUT2D eigenvalue weighted by atomic mass is 16.5. The Morgan fingerprint density at radius 2 is 1.65 bits per heavy atom. The highest BCUT2D eigenvalue weighted by Gasteiger charge is 2.44. The van der Waals surface area contributed by atoms with Crippen molar-refractivity contribution in [1.29, 1.82) is 0 Å². The number of methoxy groups -OCH3 is 2. The first-order valence-corrected chi connectivity index (χ1v) is 8.01. The normalized spacial score (nSPS) is 18.9. The second kappa shape index (κ2) is 6.92. The summed E-state index contributed by atoms with van der Waals surface area (Å²) in [5.74, 6) is -0.699. The average molecular weight is 353 g/mol. The number of likely N-dealkylation sites (N-methyl/N-ethyl adjacent to an activating group) is 1. The van der Waals surface area contributed by atoms with Gasteiger partial charge in [-0.2, -0.15) is 0 Å². The number of nitrogens with zero attached hydrogens (tertiary/aromatic N) is 1. The van der Waals surface area contributed by atoms with Crippen LogP contribution in [0.1, 0.15) is 17.2 Å². The number of ketones is 1. The maximum absolute atomic E-state index is 12.5. The Morgan fingerprint density at radius 1 is 1.00 bits per heavy atom. The Morgan fingerprint density at radius 3 is 2.27 bits per heavy atom. The van der Waals surface area contributed by atoms with Gasteiger partial charge in [0.25, 0.3) is 11.7 Å². The Labute approximate surface area is 151 Å². The standard InChI is InChI=1S/C20H19NO5/c1-21-17(12-7-5-4-6-8-12)16(19(23)20(21)24)18(22)13-9-10-14(25-2)15(11-13)26-3/h4-11,17,22H,1-3H3/b18-16-. The molecule has 1 saturated heterocycles. The summed E-state index contributed by atoms with van der Waals surface area (Å²) in [6, 6.07) is 13.3. The monoisotopic (exact) mass is 353 g/mol. The maximum atomic E-state index is 12.5. The van der Waals surface area contributed by atoms with Crippen LogP contribution in [-0.2, 0) is 9.59 Å². The van der Waals surface area contributed by atoms with Crippen molar-refractivity contribution in [3.05, 3.63) is 65.2 Å². The van der Waals surface area contributed by atoms with Gasteiger partial charge in [0.1, 0.15) is 5.76 Å². The molecule has 0 spiro atoms. The molecule has 0 aromatic heterocycles. The van der Waals surface area contributed by atoms with Crippen LogP contribution in [0.15, 0.2) is 54.1 Å². The summed E-state index contributed by atoms with van der Waals surface area (Å²) in [6.07, 6.45) is 0. The second-order valence-corrected chi connectivity index (χ2v) is 5.89. The van der Waals surface area contributed by atoms with Crippen LogP contribution in [0, 0.1) is 0 Å². The summed E-state index contributed by atoms with van der Waals surface area (Å²) < 4.78 is 10.4. The fraction of sp³-hybridized carbons (Fsp3) is 0.200. The summed E-state index contributed by atoms with van der Waals surface area (Å²) in [5.41, 5.74) is 1.17. The van der Waals surface area contributed by atoms with Gasteiger partial charge in [-0.05, 0) is 23.8 Å². The van der Waals surface area contributed by atoms with Crippen molar-refractivity contribution >= 4 is 17.4 Å². The van der Waals surface area contributed by atoms with Crippen LogP contribution >= 0.6 is 0 Å². The smallest absolute Gasteiger partial charge is 0.295 e. The van der Waals surface area contributed by atoms with Crippen molar-refractivity contribution < 1.29 is 24.2 Å². The number of rotatable bonds is 4. The molecule has 1 amide bonds. The number of ether oxygens (including phenoxy) is 2. The van der Waals surface area contributed by atoms with Gasteiger partial charge in [0, 0.05) is 12.6 Å². The minimum Gasteiger partial charge on any atom is -0.507 e. The number of hydrogen-bond donors (Lipinski definition) is 1. The van der Waals surface area contributed by atoms with E-state index in [-0.39, 0.29) is 11.3 Å². The van der Waals surface area contributed by atoms with Gasteiger partial charge in [0.2, 0.25) is 0 Å². The van der Waals surface area contributed by atoms with Gasteiger partial charge in [-0.3, -0.25) is 9.59 Å². The van der Waals surface area contributed by atoms with E-state index in [1.807, 2.05) is 30.3 Å². The van der Waals surface area contributed by atoms with Crippen molar-refractivity contribution in [1.82, 2.24) is 4.90 Å². The van der Waals surface area contributed by atoms with Crippen LogP contribution in [0.3, 0.4) is 0 Å². The van der Waals surface area contributed by atoms with E-state index < -0.39 is 17.7 Å². The molecule has 2 aromatic rings. The van der Waals surface area contributed by atoms with Gasteiger partial charge >= 0.3 is 0 Å². The number of carbonyl (C=O) groups is 2. The molecule has 0 aliphatic carbocycles. The first-order chi connectivity index (χ1) is 12.5. The Bertz CT molecular complexity index is 888. The van der Waals surface area contributed by atoms with Crippen LogP contribution in [-0.4, -0.2) is 43.0 Å². The van der Waals surface area contributed by atoms with Crippen molar-refractivity contribution in [3.8, 4) is 11.5 Å². The number of amides is 1. The van der Waals surface area contributed by atoms with E-state index in [1.165, 1.54) is 19.1 Å². The number of hydrogen-bond acceptors (Lipinski definition) is 5. The molecule has 1 aliphatic rings. The lowest BCUT2D eigenvalue weighted by Crippen LogP contribution is -2.24. The number of aliphatic hydroxyl groups is 1. The van der Waals surface area contributed by atoms with Crippen LogP contribution in [0.5, 0.6) is 11.5 Å². The summed E-state index contributed by atoms with van der Waals surface area (Å²) in [6.45, 7) is 0. The van der Waals surface area contributed by atoms with E-state index in [4.69, 9.17) is 9.47 Å². The summed E-state index contributed by atoms with van der Waals surface area (Å²) in [7, 11) is 4.54. The number of carbonyl (C=O) groups excluding carboxylic acids is 2. The highest BCUT2D eigenvalue weighted by Crippen LogP contribution is 2.39. The number of benzene rings is 2. The predicted octanol–water partition coefficient (Wildman–Crippen LogP) is 2.76. The van der Waals surface area contributed by atoms with Gasteiger partial charge in [0.15, 0.2) is 11.5 Å².